The van der Waals surface area contributed by atoms with Crippen LogP contribution in [-0.4, -0.2) is 48.2 Å². The second-order valence-electron chi connectivity index (χ2n) is 6.96. The summed E-state index contributed by atoms with van der Waals surface area (Å²) in [6.45, 7) is 7.18. The van der Waals surface area contributed by atoms with E-state index >= 15 is 0 Å². The molecule has 128 valence electrons. The highest BCUT2D eigenvalue weighted by Gasteiger charge is 2.19. The molecule has 4 nitrogen and oxygen atoms in total. The summed E-state index contributed by atoms with van der Waals surface area (Å²) in [5, 5.41) is 12.8. The molecule has 1 aromatic carbocycles. The lowest BCUT2D eigenvalue weighted by atomic mass is 9.93. The van der Waals surface area contributed by atoms with Crippen LogP contribution in [-0.2, 0) is 4.79 Å². The van der Waals surface area contributed by atoms with Gasteiger partial charge in [0.05, 0.1) is 12.6 Å². The lowest BCUT2D eigenvalue weighted by Crippen LogP contribution is -2.42. The van der Waals surface area contributed by atoms with E-state index in [0.717, 1.165) is 19.0 Å². The first-order valence-corrected chi connectivity index (χ1v) is 8.76. The largest absolute Gasteiger partial charge is 0.393 e. The van der Waals surface area contributed by atoms with E-state index < -0.39 is 0 Å². The van der Waals surface area contributed by atoms with Crippen molar-refractivity contribution in [1.29, 1.82) is 0 Å². The average Bonchev–Trinajstić information content (AvgIpc) is 2.54. The van der Waals surface area contributed by atoms with Crippen LogP contribution in [0.1, 0.15) is 44.6 Å². The number of hydrogen-bond acceptors (Lipinski definition) is 3. The summed E-state index contributed by atoms with van der Waals surface area (Å²) < 4.78 is 0. The topological polar surface area (TPSA) is 52.6 Å². The smallest absolute Gasteiger partial charge is 0.234 e. The van der Waals surface area contributed by atoms with Crippen LogP contribution in [0.25, 0.3) is 0 Å². The molecule has 4 heteroatoms. The minimum Gasteiger partial charge on any atom is -0.393 e. The fraction of sp³-hybridized carbons (Fsp3) is 0.632. The number of piperidine rings is 1. The molecule has 2 atom stereocenters. The fourth-order valence-electron chi connectivity index (χ4n) is 3.19. The van der Waals surface area contributed by atoms with E-state index in [9.17, 15) is 9.90 Å². The summed E-state index contributed by atoms with van der Waals surface area (Å²) in [6, 6.07) is 10.1. The van der Waals surface area contributed by atoms with Gasteiger partial charge in [-0.05, 0) is 50.8 Å². The Hall–Kier alpha value is -1.39. The van der Waals surface area contributed by atoms with Gasteiger partial charge in [0.25, 0.3) is 0 Å². The van der Waals surface area contributed by atoms with Crippen molar-refractivity contribution >= 4 is 5.91 Å². The van der Waals surface area contributed by atoms with Crippen LogP contribution in [0, 0.1) is 5.92 Å². The van der Waals surface area contributed by atoms with Gasteiger partial charge in [-0.1, -0.05) is 37.3 Å². The average molecular weight is 318 g/mol. The second kappa shape index (κ2) is 9.04. The summed E-state index contributed by atoms with van der Waals surface area (Å²) >= 11 is 0. The molecule has 2 rings (SSSR count). The van der Waals surface area contributed by atoms with Crippen LogP contribution in [0.5, 0.6) is 0 Å². The highest BCUT2D eigenvalue weighted by atomic mass is 16.3. The maximum absolute atomic E-state index is 12.2. The third kappa shape index (κ3) is 6.32. The maximum Gasteiger partial charge on any atom is 0.234 e. The number of nitrogens with zero attached hydrogens (tertiary/aromatic N) is 1. The van der Waals surface area contributed by atoms with Crippen molar-refractivity contribution in [2.24, 2.45) is 5.92 Å². The predicted molar refractivity (Wildman–Crippen MR) is 93.3 cm³/mol. The fourth-order valence-corrected chi connectivity index (χ4v) is 3.19. The van der Waals surface area contributed by atoms with E-state index in [1.54, 1.807) is 6.92 Å². The van der Waals surface area contributed by atoms with Crippen LogP contribution in [0.3, 0.4) is 0 Å². The van der Waals surface area contributed by atoms with Crippen LogP contribution in [0.2, 0.25) is 0 Å². The van der Waals surface area contributed by atoms with Gasteiger partial charge in [-0.3, -0.25) is 9.69 Å². The molecule has 0 saturated carbocycles. The number of carbonyl (C=O) groups is 1. The molecule has 1 aliphatic rings. The maximum atomic E-state index is 12.2. The third-order valence-electron chi connectivity index (χ3n) is 4.69. The second-order valence-corrected chi connectivity index (χ2v) is 6.96. The van der Waals surface area contributed by atoms with Gasteiger partial charge in [-0.2, -0.15) is 0 Å². The van der Waals surface area contributed by atoms with E-state index in [1.165, 1.54) is 18.4 Å². The monoisotopic (exact) mass is 318 g/mol. The molecular formula is C19H30N2O2. The number of hydrogen-bond donors (Lipinski definition) is 2. The number of nitrogens with one attached hydrogen (secondary N) is 1. The first-order chi connectivity index (χ1) is 11.0. The summed E-state index contributed by atoms with van der Waals surface area (Å²) in [7, 11) is 0. The molecule has 2 N–H and O–H groups in total. The van der Waals surface area contributed by atoms with E-state index in [0.29, 0.717) is 19.5 Å². The summed E-state index contributed by atoms with van der Waals surface area (Å²) in [6.07, 6.45) is 2.65. The molecule has 0 spiro atoms. The Bertz CT molecular complexity index is 468. The molecule has 0 aromatic heterocycles. The Morgan fingerprint density at radius 2 is 1.96 bits per heavy atom. The number of aliphatic hydroxyl groups is 1. The van der Waals surface area contributed by atoms with Crippen molar-refractivity contribution in [2.75, 3.05) is 26.2 Å². The molecule has 2 unspecified atom stereocenters. The van der Waals surface area contributed by atoms with Crippen molar-refractivity contribution in [3.05, 3.63) is 35.9 Å². The third-order valence-corrected chi connectivity index (χ3v) is 4.69. The number of amides is 1. The molecule has 0 radical (unpaired) electrons. The highest BCUT2D eigenvalue weighted by molar-refractivity contribution is 5.78. The SMILES string of the molecule is CC(O)CC(CNC(=O)CN1CCC(C)CC1)c1ccccc1. The number of benzene rings is 1. The molecule has 0 aliphatic carbocycles. The van der Waals surface area contributed by atoms with E-state index in [2.05, 4.69) is 29.3 Å². The van der Waals surface area contributed by atoms with Crippen molar-refractivity contribution in [3.8, 4) is 0 Å². The molecule has 1 heterocycles. The van der Waals surface area contributed by atoms with Gasteiger partial charge < -0.3 is 10.4 Å². The van der Waals surface area contributed by atoms with Crippen LogP contribution < -0.4 is 5.32 Å². The molecule has 1 saturated heterocycles. The van der Waals surface area contributed by atoms with Crippen molar-refractivity contribution in [2.45, 2.75) is 45.1 Å². The zero-order chi connectivity index (χ0) is 16.7. The number of rotatable bonds is 7. The minimum absolute atomic E-state index is 0.0890. The molecular weight excluding hydrogens is 288 g/mol. The van der Waals surface area contributed by atoms with Crippen molar-refractivity contribution in [1.82, 2.24) is 10.2 Å². The molecule has 1 amide bonds. The summed E-state index contributed by atoms with van der Waals surface area (Å²) in [5.74, 6) is 1.02. The molecule has 1 fully saturated rings. The van der Waals surface area contributed by atoms with Gasteiger partial charge in [0.1, 0.15) is 0 Å². The first-order valence-electron chi connectivity index (χ1n) is 8.76. The number of likely N-dealkylation sites (tertiary alicyclic amines) is 1. The van der Waals surface area contributed by atoms with Gasteiger partial charge in [0.15, 0.2) is 0 Å². The molecule has 0 bridgehead atoms. The molecule has 1 aromatic rings. The Kier molecular flexibility index (Phi) is 7.06. The summed E-state index contributed by atoms with van der Waals surface area (Å²) in [5.41, 5.74) is 1.17. The van der Waals surface area contributed by atoms with Crippen LogP contribution >= 0.6 is 0 Å². The summed E-state index contributed by atoms with van der Waals surface area (Å²) in [4.78, 5) is 14.4. The number of aliphatic hydroxyl groups excluding tert-OH is 1. The zero-order valence-electron chi connectivity index (χ0n) is 14.4. The Morgan fingerprint density at radius 3 is 2.57 bits per heavy atom. The Morgan fingerprint density at radius 1 is 1.30 bits per heavy atom. The highest BCUT2D eigenvalue weighted by Crippen LogP contribution is 2.20. The standard InChI is InChI=1S/C19H30N2O2/c1-15-8-10-21(11-9-15)14-19(23)20-13-18(12-16(2)22)17-6-4-3-5-7-17/h3-7,15-16,18,22H,8-14H2,1-2H3,(H,20,23). The van der Waals surface area contributed by atoms with Gasteiger partial charge in [-0.25, -0.2) is 0 Å². The molecule has 23 heavy (non-hydrogen) atoms. The van der Waals surface area contributed by atoms with Crippen molar-refractivity contribution in [3.63, 3.8) is 0 Å². The first kappa shape index (κ1) is 18.0. The van der Waals surface area contributed by atoms with E-state index in [-0.39, 0.29) is 17.9 Å². The Balaban J connectivity index is 1.82. The normalized spacial score (nSPS) is 19.3. The lowest BCUT2D eigenvalue weighted by Gasteiger charge is -2.29. The Labute approximate surface area is 139 Å². The quantitative estimate of drug-likeness (QED) is 0.811. The van der Waals surface area contributed by atoms with Crippen LogP contribution in [0.15, 0.2) is 30.3 Å². The number of carbonyl (C=O) groups excluding carboxylic acids is 1. The van der Waals surface area contributed by atoms with Gasteiger partial charge in [0, 0.05) is 12.5 Å². The zero-order valence-corrected chi connectivity index (χ0v) is 14.4. The van der Waals surface area contributed by atoms with E-state index in [4.69, 9.17) is 0 Å². The van der Waals surface area contributed by atoms with Crippen molar-refractivity contribution < 1.29 is 9.90 Å². The molecule has 1 aliphatic heterocycles. The predicted octanol–water partition coefficient (Wildman–Crippen LogP) is 2.39. The minimum atomic E-state index is -0.374. The van der Waals surface area contributed by atoms with Gasteiger partial charge >= 0.3 is 0 Å². The van der Waals surface area contributed by atoms with Crippen LogP contribution in [0.4, 0.5) is 0 Å². The van der Waals surface area contributed by atoms with E-state index in [1.807, 2.05) is 18.2 Å². The van der Waals surface area contributed by atoms with Gasteiger partial charge in [0.2, 0.25) is 5.91 Å². The van der Waals surface area contributed by atoms with Gasteiger partial charge in [-0.15, -0.1) is 0 Å². The lowest BCUT2D eigenvalue weighted by molar-refractivity contribution is -0.122.